The van der Waals surface area contributed by atoms with Crippen molar-refractivity contribution in [2.75, 3.05) is 70.0 Å². The molecule has 222 valence electrons. The topological polar surface area (TPSA) is 70.9 Å². The lowest BCUT2D eigenvalue weighted by Gasteiger charge is -2.32. The van der Waals surface area contributed by atoms with E-state index in [1.165, 1.54) is 4.57 Å². The largest absolute Gasteiger partial charge is 0.489 e. The molecule has 1 saturated heterocycles. The van der Waals surface area contributed by atoms with Gasteiger partial charge in [-0.1, -0.05) is 12.0 Å². The van der Waals surface area contributed by atoms with Crippen LogP contribution in [-0.4, -0.2) is 86.2 Å². The number of anilines is 2. The minimum atomic E-state index is -4.39. The fraction of sp³-hybridized carbons (Fsp3) is 0.467. The van der Waals surface area contributed by atoms with E-state index in [9.17, 15) is 18.3 Å². The SMILES string of the molecule is COCCOc1cc(SC)ccc1NCC#Cc1cc2c(NC3CCN(CCO)CC3)cccc2n1CC(F)(F)F. The molecular weight excluding hydrogens is 553 g/mol. The Labute approximate surface area is 243 Å². The smallest absolute Gasteiger partial charge is 0.406 e. The van der Waals surface area contributed by atoms with Gasteiger partial charge in [0.15, 0.2) is 0 Å². The average Bonchev–Trinajstić information content (AvgIpc) is 3.29. The van der Waals surface area contributed by atoms with Gasteiger partial charge in [-0.05, 0) is 61.4 Å². The molecule has 3 N–H and O–H groups in total. The normalized spacial score (nSPS) is 14.6. The summed E-state index contributed by atoms with van der Waals surface area (Å²) < 4.78 is 53.0. The fourth-order valence-corrected chi connectivity index (χ4v) is 5.36. The van der Waals surface area contributed by atoms with Crippen molar-refractivity contribution in [3.63, 3.8) is 0 Å². The zero-order valence-corrected chi connectivity index (χ0v) is 24.2. The predicted octanol–water partition coefficient (Wildman–Crippen LogP) is 5.28. The minimum Gasteiger partial charge on any atom is -0.489 e. The molecule has 0 amide bonds. The Balaban J connectivity index is 1.53. The first-order chi connectivity index (χ1) is 19.8. The molecule has 0 bridgehead atoms. The Morgan fingerprint density at radius 2 is 1.90 bits per heavy atom. The number of piperidine rings is 1. The highest BCUT2D eigenvalue weighted by Crippen LogP contribution is 2.32. The third-order valence-corrected chi connectivity index (χ3v) is 7.69. The Morgan fingerprint density at radius 3 is 2.61 bits per heavy atom. The number of ether oxygens (including phenoxy) is 2. The van der Waals surface area contributed by atoms with E-state index < -0.39 is 12.7 Å². The number of hydrogen-bond acceptors (Lipinski definition) is 7. The average molecular weight is 591 g/mol. The number of thioether (sulfide) groups is 1. The zero-order chi connectivity index (χ0) is 29.2. The summed E-state index contributed by atoms with van der Waals surface area (Å²) >= 11 is 1.60. The van der Waals surface area contributed by atoms with Gasteiger partial charge in [0.25, 0.3) is 0 Å². The molecule has 1 aliphatic rings. The Kier molecular flexibility index (Phi) is 11.1. The molecule has 0 unspecified atom stereocenters. The van der Waals surface area contributed by atoms with Crippen LogP contribution in [0.4, 0.5) is 24.5 Å². The standard InChI is InChI=1S/C30H37F3N4O3S/c1-39-17-18-40-29-20-24(41-2)8-9-27(29)34-12-4-5-23-19-25-26(35-22-10-13-36(14-11-22)15-16-38)6-3-7-28(25)37(23)21-30(31,32)33/h3,6-9,19-20,22,34-35,38H,10-18,21H2,1-2H3. The van der Waals surface area contributed by atoms with Gasteiger partial charge < -0.3 is 34.7 Å². The molecule has 0 saturated carbocycles. The van der Waals surface area contributed by atoms with Crippen molar-refractivity contribution in [3.8, 4) is 17.6 Å². The first-order valence-electron chi connectivity index (χ1n) is 13.6. The summed E-state index contributed by atoms with van der Waals surface area (Å²) in [5.41, 5.74) is 2.35. The van der Waals surface area contributed by atoms with Crippen LogP contribution < -0.4 is 15.4 Å². The molecule has 11 heteroatoms. The van der Waals surface area contributed by atoms with Crippen LogP contribution in [0.3, 0.4) is 0 Å². The number of nitrogens with one attached hydrogen (secondary N) is 2. The monoisotopic (exact) mass is 590 g/mol. The van der Waals surface area contributed by atoms with E-state index in [4.69, 9.17) is 9.47 Å². The van der Waals surface area contributed by atoms with E-state index in [1.807, 2.05) is 30.5 Å². The van der Waals surface area contributed by atoms with Crippen LogP contribution in [0.2, 0.25) is 0 Å². The van der Waals surface area contributed by atoms with Crippen LogP contribution in [0.15, 0.2) is 47.4 Å². The number of aliphatic hydroxyl groups excluding tert-OH is 1. The lowest BCUT2D eigenvalue weighted by atomic mass is 10.0. The zero-order valence-electron chi connectivity index (χ0n) is 23.4. The van der Waals surface area contributed by atoms with Crippen molar-refractivity contribution < 1.29 is 27.8 Å². The quantitative estimate of drug-likeness (QED) is 0.151. The van der Waals surface area contributed by atoms with Crippen molar-refractivity contribution in [1.82, 2.24) is 9.47 Å². The number of methoxy groups -OCH3 is 1. The Hall–Kier alpha value is -3.04. The highest BCUT2D eigenvalue weighted by atomic mass is 32.2. The number of nitrogens with zero attached hydrogens (tertiary/aromatic N) is 2. The maximum Gasteiger partial charge on any atom is 0.406 e. The lowest BCUT2D eigenvalue weighted by molar-refractivity contribution is -0.140. The van der Waals surface area contributed by atoms with Gasteiger partial charge in [-0.2, -0.15) is 13.2 Å². The molecule has 1 aliphatic heterocycles. The number of benzene rings is 2. The third-order valence-electron chi connectivity index (χ3n) is 6.96. The number of aliphatic hydroxyl groups is 1. The molecule has 0 spiro atoms. The van der Waals surface area contributed by atoms with Gasteiger partial charge in [0.05, 0.1) is 36.7 Å². The molecule has 0 atom stereocenters. The molecule has 2 aromatic carbocycles. The van der Waals surface area contributed by atoms with Gasteiger partial charge in [0, 0.05) is 48.8 Å². The molecular formula is C30H37F3N4O3S. The van der Waals surface area contributed by atoms with Crippen LogP contribution in [0.25, 0.3) is 10.9 Å². The van der Waals surface area contributed by atoms with Crippen molar-refractivity contribution in [1.29, 1.82) is 0 Å². The number of alkyl halides is 3. The van der Waals surface area contributed by atoms with Gasteiger partial charge in [-0.25, -0.2) is 0 Å². The van der Waals surface area contributed by atoms with E-state index in [-0.39, 0.29) is 19.2 Å². The van der Waals surface area contributed by atoms with E-state index in [0.717, 1.165) is 42.2 Å². The number of aromatic nitrogens is 1. The van der Waals surface area contributed by atoms with Gasteiger partial charge in [0.1, 0.15) is 18.9 Å². The van der Waals surface area contributed by atoms with Crippen molar-refractivity contribution in [2.45, 2.75) is 36.5 Å². The summed E-state index contributed by atoms with van der Waals surface area (Å²) in [4.78, 5) is 3.26. The van der Waals surface area contributed by atoms with Crippen LogP contribution >= 0.6 is 11.8 Å². The summed E-state index contributed by atoms with van der Waals surface area (Å²) in [5.74, 6) is 6.63. The second-order valence-corrected chi connectivity index (χ2v) is 10.7. The summed E-state index contributed by atoms with van der Waals surface area (Å²) in [6.45, 7) is 2.48. The fourth-order valence-electron chi connectivity index (χ4n) is 4.93. The second-order valence-electron chi connectivity index (χ2n) is 9.81. The summed E-state index contributed by atoms with van der Waals surface area (Å²) in [7, 11) is 1.61. The van der Waals surface area contributed by atoms with E-state index in [0.29, 0.717) is 42.1 Å². The maximum absolute atomic E-state index is 13.6. The van der Waals surface area contributed by atoms with Crippen molar-refractivity contribution in [3.05, 3.63) is 48.2 Å². The number of hydrogen-bond donors (Lipinski definition) is 3. The number of fused-ring (bicyclic) bond motifs is 1. The van der Waals surface area contributed by atoms with Crippen LogP contribution in [0, 0.1) is 11.8 Å². The summed E-state index contributed by atoms with van der Waals surface area (Å²) in [6, 6.07) is 13.1. The van der Waals surface area contributed by atoms with Gasteiger partial charge >= 0.3 is 6.18 Å². The first kappa shape index (κ1) is 30.9. The summed E-state index contributed by atoms with van der Waals surface area (Å²) in [6.07, 6.45) is -0.618. The number of halogens is 3. The number of rotatable bonds is 12. The molecule has 7 nitrogen and oxygen atoms in total. The van der Waals surface area contributed by atoms with Crippen LogP contribution in [-0.2, 0) is 11.3 Å². The first-order valence-corrected chi connectivity index (χ1v) is 14.8. The molecule has 1 aromatic heterocycles. The molecule has 1 fully saturated rings. The molecule has 2 heterocycles. The number of β-amino-alcohol motifs (C(OH)–C–C–N with tert-alkyl or cyclic N) is 1. The van der Waals surface area contributed by atoms with Crippen LogP contribution in [0.5, 0.6) is 5.75 Å². The molecule has 3 aromatic rings. The molecule has 4 rings (SSSR count). The highest BCUT2D eigenvalue weighted by Gasteiger charge is 2.30. The van der Waals surface area contributed by atoms with Crippen molar-refractivity contribution in [2.24, 2.45) is 0 Å². The third kappa shape index (κ3) is 8.72. The molecule has 0 radical (unpaired) electrons. The van der Waals surface area contributed by atoms with E-state index >= 15 is 0 Å². The molecule has 0 aliphatic carbocycles. The van der Waals surface area contributed by atoms with E-state index in [2.05, 4.69) is 27.4 Å². The Morgan fingerprint density at radius 1 is 1.10 bits per heavy atom. The molecule has 41 heavy (non-hydrogen) atoms. The number of likely N-dealkylation sites (tertiary alicyclic amines) is 1. The lowest BCUT2D eigenvalue weighted by Crippen LogP contribution is -2.40. The van der Waals surface area contributed by atoms with Gasteiger partial charge in [0.2, 0.25) is 0 Å². The minimum absolute atomic E-state index is 0.136. The van der Waals surface area contributed by atoms with Gasteiger partial charge in [-0.15, -0.1) is 11.8 Å². The highest BCUT2D eigenvalue weighted by molar-refractivity contribution is 7.98. The Bertz CT molecular complexity index is 1340. The van der Waals surface area contributed by atoms with Gasteiger partial charge in [-0.3, -0.25) is 0 Å². The summed E-state index contributed by atoms with van der Waals surface area (Å²) in [5, 5.41) is 16.7. The van der Waals surface area contributed by atoms with E-state index in [1.54, 1.807) is 37.1 Å². The maximum atomic E-state index is 13.6. The predicted molar refractivity (Wildman–Crippen MR) is 159 cm³/mol. The second kappa shape index (κ2) is 14.7. The van der Waals surface area contributed by atoms with Crippen LogP contribution in [0.1, 0.15) is 18.5 Å². The van der Waals surface area contributed by atoms with Crippen molar-refractivity contribution >= 4 is 34.0 Å².